The van der Waals surface area contributed by atoms with Gasteiger partial charge in [-0.1, -0.05) is 24.3 Å². The minimum absolute atomic E-state index is 0.191. The number of hydrogen-bond acceptors (Lipinski definition) is 3. The molecule has 0 amide bonds. The second kappa shape index (κ2) is 5.41. The Morgan fingerprint density at radius 1 is 1.23 bits per heavy atom. The first-order valence-electron chi connectivity index (χ1n) is 7.33. The van der Waals surface area contributed by atoms with E-state index < -0.39 is 10.0 Å². The summed E-state index contributed by atoms with van der Waals surface area (Å²) >= 11 is 0. The molecule has 0 aliphatic carbocycles. The molecule has 0 saturated heterocycles. The first-order valence-corrected chi connectivity index (χ1v) is 8.88. The maximum atomic E-state index is 11.5. The van der Waals surface area contributed by atoms with Crippen LogP contribution < -0.4 is 10.0 Å². The van der Waals surface area contributed by atoms with Gasteiger partial charge >= 0.3 is 0 Å². The summed E-state index contributed by atoms with van der Waals surface area (Å²) in [5.41, 5.74) is 4.71. The van der Waals surface area contributed by atoms with E-state index in [1.54, 1.807) is 12.1 Å². The number of aryl methyl sites for hydroxylation is 1. The molecule has 22 heavy (non-hydrogen) atoms. The quantitative estimate of drug-likeness (QED) is 0.946. The smallest absolute Gasteiger partial charge is 0.238 e. The minimum atomic E-state index is -3.64. The van der Waals surface area contributed by atoms with Crippen molar-refractivity contribution in [3.63, 3.8) is 0 Å². The number of primary sulfonamides is 1. The third-order valence-electron chi connectivity index (χ3n) is 4.34. The van der Waals surface area contributed by atoms with E-state index in [-0.39, 0.29) is 4.90 Å². The molecule has 2 aromatic rings. The summed E-state index contributed by atoms with van der Waals surface area (Å²) in [7, 11) is -3.64. The highest BCUT2D eigenvalue weighted by Gasteiger charge is 2.27. The van der Waals surface area contributed by atoms with Crippen LogP contribution in [0.3, 0.4) is 0 Å². The molecule has 2 aromatic carbocycles. The van der Waals surface area contributed by atoms with Gasteiger partial charge in [0, 0.05) is 18.3 Å². The van der Waals surface area contributed by atoms with E-state index in [4.69, 9.17) is 5.14 Å². The van der Waals surface area contributed by atoms with Crippen molar-refractivity contribution in [2.24, 2.45) is 5.14 Å². The second-order valence-electron chi connectivity index (χ2n) is 5.94. The van der Waals surface area contributed by atoms with Crippen LogP contribution in [0.1, 0.15) is 23.6 Å². The average molecular weight is 316 g/mol. The van der Waals surface area contributed by atoms with Crippen molar-refractivity contribution < 1.29 is 8.42 Å². The average Bonchev–Trinajstić information content (AvgIpc) is 2.76. The van der Waals surface area contributed by atoms with Crippen molar-refractivity contribution in [2.75, 3.05) is 4.90 Å². The monoisotopic (exact) mass is 316 g/mol. The van der Waals surface area contributed by atoms with Gasteiger partial charge in [-0.3, -0.25) is 0 Å². The van der Waals surface area contributed by atoms with E-state index >= 15 is 0 Å². The van der Waals surface area contributed by atoms with Crippen molar-refractivity contribution in [1.82, 2.24) is 0 Å². The van der Waals surface area contributed by atoms with Crippen LogP contribution in [0.5, 0.6) is 0 Å². The number of hydrogen-bond donors (Lipinski definition) is 1. The van der Waals surface area contributed by atoms with Crippen LogP contribution in [0.4, 0.5) is 5.69 Å². The summed E-state index contributed by atoms with van der Waals surface area (Å²) in [5.74, 6) is 0. The van der Waals surface area contributed by atoms with Crippen LogP contribution in [-0.2, 0) is 23.0 Å². The number of nitrogens with zero attached hydrogens (tertiary/aromatic N) is 1. The van der Waals surface area contributed by atoms with Gasteiger partial charge in [-0.25, -0.2) is 13.6 Å². The first-order chi connectivity index (χ1) is 10.4. The molecule has 4 nitrogen and oxygen atoms in total. The maximum absolute atomic E-state index is 11.5. The summed E-state index contributed by atoms with van der Waals surface area (Å²) in [4.78, 5) is 2.51. The van der Waals surface area contributed by atoms with Gasteiger partial charge in [-0.05, 0) is 55.2 Å². The zero-order valence-corrected chi connectivity index (χ0v) is 13.6. The fourth-order valence-corrected chi connectivity index (χ4v) is 3.62. The number of benzene rings is 2. The van der Waals surface area contributed by atoms with Crippen LogP contribution in [0.25, 0.3) is 0 Å². The van der Waals surface area contributed by atoms with Crippen molar-refractivity contribution in [1.29, 1.82) is 0 Å². The summed E-state index contributed by atoms with van der Waals surface area (Å²) in [6, 6.07) is 13.9. The highest BCUT2D eigenvalue weighted by Crippen LogP contribution is 2.35. The molecule has 1 unspecified atom stereocenters. The Kier molecular flexibility index (Phi) is 3.70. The normalized spacial score (nSPS) is 17.6. The fraction of sp³-hybridized carbons (Fsp3) is 0.294. The van der Waals surface area contributed by atoms with E-state index in [0.717, 1.165) is 24.2 Å². The van der Waals surface area contributed by atoms with Crippen molar-refractivity contribution in [2.45, 2.75) is 37.8 Å². The van der Waals surface area contributed by atoms with Gasteiger partial charge in [-0.2, -0.15) is 0 Å². The standard InChI is InChI=1S/C17H20N2O2S/c1-12-5-3-4-6-14(12)11-19-13(2)9-15-10-16(22(18,20)21)7-8-17(15)19/h3-8,10,13H,9,11H2,1-2H3,(H2,18,20,21). The predicted molar refractivity (Wildman–Crippen MR) is 88.3 cm³/mol. The lowest BCUT2D eigenvalue weighted by molar-refractivity contribution is 0.597. The number of sulfonamides is 1. The Morgan fingerprint density at radius 2 is 1.95 bits per heavy atom. The van der Waals surface area contributed by atoms with Crippen molar-refractivity contribution >= 4 is 15.7 Å². The predicted octanol–water partition coefficient (Wildman–Crippen LogP) is 2.59. The Labute approximate surface area is 131 Å². The molecule has 0 saturated carbocycles. The van der Waals surface area contributed by atoms with E-state index in [2.05, 4.69) is 30.9 Å². The SMILES string of the molecule is Cc1ccccc1CN1c2ccc(S(N)(=O)=O)cc2CC1C. The molecule has 0 bridgehead atoms. The number of fused-ring (bicyclic) bond motifs is 1. The summed E-state index contributed by atoms with van der Waals surface area (Å²) in [6.45, 7) is 5.10. The molecular formula is C17H20N2O2S. The fourth-order valence-electron chi connectivity index (χ4n) is 3.06. The topological polar surface area (TPSA) is 63.4 Å². The Morgan fingerprint density at radius 3 is 2.64 bits per heavy atom. The number of rotatable bonds is 3. The van der Waals surface area contributed by atoms with Crippen LogP contribution in [-0.4, -0.2) is 14.5 Å². The Hall–Kier alpha value is -1.85. The highest BCUT2D eigenvalue weighted by atomic mass is 32.2. The third kappa shape index (κ3) is 2.74. The van der Waals surface area contributed by atoms with Gasteiger partial charge in [0.05, 0.1) is 4.90 Å². The molecule has 0 fully saturated rings. The van der Waals surface area contributed by atoms with Crippen LogP contribution in [0.15, 0.2) is 47.4 Å². The highest BCUT2D eigenvalue weighted by molar-refractivity contribution is 7.89. The zero-order chi connectivity index (χ0) is 15.9. The molecule has 1 atom stereocenters. The molecule has 0 aromatic heterocycles. The molecule has 1 aliphatic rings. The van der Waals surface area contributed by atoms with Gasteiger partial charge < -0.3 is 4.90 Å². The molecule has 2 N–H and O–H groups in total. The molecular weight excluding hydrogens is 296 g/mol. The van der Waals surface area contributed by atoms with Gasteiger partial charge in [0.1, 0.15) is 0 Å². The van der Waals surface area contributed by atoms with Gasteiger partial charge in [0.2, 0.25) is 10.0 Å². The lowest BCUT2D eigenvalue weighted by atomic mass is 10.1. The van der Waals surface area contributed by atoms with E-state index in [1.165, 1.54) is 11.1 Å². The van der Waals surface area contributed by atoms with Gasteiger partial charge in [-0.15, -0.1) is 0 Å². The largest absolute Gasteiger partial charge is 0.364 e. The molecule has 0 spiro atoms. The summed E-state index contributed by atoms with van der Waals surface area (Å²) in [6.07, 6.45) is 0.838. The first kappa shape index (κ1) is 15.1. The zero-order valence-electron chi connectivity index (χ0n) is 12.8. The van der Waals surface area contributed by atoms with E-state index in [0.29, 0.717) is 6.04 Å². The Balaban J connectivity index is 1.95. The van der Waals surface area contributed by atoms with Crippen molar-refractivity contribution in [3.05, 3.63) is 59.2 Å². The summed E-state index contributed by atoms with van der Waals surface area (Å²) in [5, 5.41) is 5.22. The Bertz CT molecular complexity index is 815. The van der Waals surface area contributed by atoms with E-state index in [1.807, 2.05) is 18.2 Å². The number of nitrogens with two attached hydrogens (primary N) is 1. The van der Waals surface area contributed by atoms with Gasteiger partial charge in [0.15, 0.2) is 0 Å². The lowest BCUT2D eigenvalue weighted by Gasteiger charge is -2.26. The third-order valence-corrected chi connectivity index (χ3v) is 5.25. The van der Waals surface area contributed by atoms with Crippen molar-refractivity contribution in [3.8, 4) is 0 Å². The lowest BCUT2D eigenvalue weighted by Crippen LogP contribution is -2.28. The molecule has 5 heteroatoms. The molecule has 1 aliphatic heterocycles. The van der Waals surface area contributed by atoms with Crippen LogP contribution in [0.2, 0.25) is 0 Å². The molecule has 1 heterocycles. The van der Waals surface area contributed by atoms with E-state index in [9.17, 15) is 8.42 Å². The second-order valence-corrected chi connectivity index (χ2v) is 7.50. The summed E-state index contributed by atoms with van der Waals surface area (Å²) < 4.78 is 23.0. The van der Waals surface area contributed by atoms with Gasteiger partial charge in [0.25, 0.3) is 0 Å². The molecule has 116 valence electrons. The minimum Gasteiger partial charge on any atom is -0.364 e. The van der Waals surface area contributed by atoms with Crippen LogP contribution >= 0.6 is 0 Å². The maximum Gasteiger partial charge on any atom is 0.238 e. The molecule has 0 radical (unpaired) electrons. The molecule has 3 rings (SSSR count). The number of anilines is 1. The van der Waals surface area contributed by atoms with Crippen LogP contribution in [0, 0.1) is 6.92 Å².